The van der Waals surface area contributed by atoms with Crippen molar-refractivity contribution in [1.29, 1.82) is 0 Å². The summed E-state index contributed by atoms with van der Waals surface area (Å²) in [5.41, 5.74) is 2.43. The molecule has 0 radical (unpaired) electrons. The molecule has 0 aliphatic rings. The van der Waals surface area contributed by atoms with Gasteiger partial charge in [0.25, 0.3) is 15.9 Å². The quantitative estimate of drug-likeness (QED) is 0.632. The molecule has 0 saturated heterocycles. The molecule has 3 aromatic rings. The predicted molar refractivity (Wildman–Crippen MR) is 117 cm³/mol. The van der Waals surface area contributed by atoms with E-state index in [1.165, 1.54) is 24.7 Å². The van der Waals surface area contributed by atoms with Gasteiger partial charge in [-0.25, -0.2) is 8.42 Å². The molecule has 3 rings (SSSR count). The summed E-state index contributed by atoms with van der Waals surface area (Å²) < 4.78 is 27.1. The van der Waals surface area contributed by atoms with E-state index >= 15 is 0 Å². The average molecular weight is 409 g/mol. The van der Waals surface area contributed by atoms with Crippen LogP contribution in [0, 0.1) is 0 Å². The molecule has 0 unspecified atom stereocenters. The van der Waals surface area contributed by atoms with Crippen molar-refractivity contribution < 1.29 is 13.2 Å². The molecule has 150 valence electrons. The van der Waals surface area contributed by atoms with E-state index in [-0.39, 0.29) is 16.4 Å². The molecule has 0 saturated carbocycles. The summed E-state index contributed by atoms with van der Waals surface area (Å²) in [6, 6.07) is 22.4. The first kappa shape index (κ1) is 20.6. The Morgan fingerprint density at radius 2 is 1.45 bits per heavy atom. The van der Waals surface area contributed by atoms with Gasteiger partial charge in [-0.1, -0.05) is 56.3 Å². The van der Waals surface area contributed by atoms with E-state index in [4.69, 9.17) is 0 Å². The van der Waals surface area contributed by atoms with Crippen molar-refractivity contribution in [3.8, 4) is 0 Å². The topological polar surface area (TPSA) is 66.5 Å². The van der Waals surface area contributed by atoms with Gasteiger partial charge in [0, 0.05) is 12.7 Å². The van der Waals surface area contributed by atoms with E-state index in [9.17, 15) is 13.2 Å². The van der Waals surface area contributed by atoms with Crippen LogP contribution < -0.4 is 9.62 Å². The summed E-state index contributed by atoms with van der Waals surface area (Å²) >= 11 is 0. The Balaban J connectivity index is 1.89. The second kappa shape index (κ2) is 8.49. The number of hydrogen-bond acceptors (Lipinski definition) is 3. The zero-order chi connectivity index (χ0) is 21.0. The molecule has 3 aromatic carbocycles. The number of anilines is 2. The van der Waals surface area contributed by atoms with Gasteiger partial charge in [-0.3, -0.25) is 9.10 Å². The Morgan fingerprint density at radius 1 is 0.862 bits per heavy atom. The van der Waals surface area contributed by atoms with Crippen LogP contribution >= 0.6 is 0 Å². The number of rotatable bonds is 6. The third-order valence-corrected chi connectivity index (χ3v) is 6.51. The lowest BCUT2D eigenvalue weighted by Gasteiger charge is -2.22. The molecule has 0 heterocycles. The summed E-state index contributed by atoms with van der Waals surface area (Å²) in [5.74, 6) is 0.0327. The van der Waals surface area contributed by atoms with Crippen LogP contribution in [0.3, 0.4) is 0 Å². The monoisotopic (exact) mass is 408 g/mol. The van der Waals surface area contributed by atoms with Gasteiger partial charge in [0.2, 0.25) is 0 Å². The highest BCUT2D eigenvalue weighted by Gasteiger charge is 2.24. The van der Waals surface area contributed by atoms with Crippen molar-refractivity contribution in [2.75, 3.05) is 16.7 Å². The molecular formula is C23H24N2O3S. The van der Waals surface area contributed by atoms with Crippen LogP contribution in [0.2, 0.25) is 0 Å². The number of carbonyl (C=O) groups is 1. The Kier molecular flexibility index (Phi) is 6.03. The normalized spacial score (nSPS) is 11.3. The number of carbonyl (C=O) groups excluding carboxylic acids is 1. The molecule has 0 fully saturated rings. The second-order valence-electron chi connectivity index (χ2n) is 7.03. The van der Waals surface area contributed by atoms with Gasteiger partial charge >= 0.3 is 0 Å². The minimum absolute atomic E-state index is 0.169. The van der Waals surface area contributed by atoms with Crippen molar-refractivity contribution >= 4 is 27.3 Å². The smallest absolute Gasteiger partial charge is 0.264 e. The third-order valence-electron chi connectivity index (χ3n) is 4.72. The maximum atomic E-state index is 13.0. The molecule has 1 amide bonds. The van der Waals surface area contributed by atoms with Gasteiger partial charge in [-0.15, -0.1) is 0 Å². The number of hydrogen-bond donors (Lipinski definition) is 1. The Bertz CT molecular complexity index is 1090. The Morgan fingerprint density at radius 3 is 2.07 bits per heavy atom. The number of benzene rings is 3. The summed E-state index contributed by atoms with van der Waals surface area (Å²) in [6.45, 7) is 4.21. The van der Waals surface area contributed by atoms with Crippen molar-refractivity contribution in [3.05, 3.63) is 90.0 Å². The van der Waals surface area contributed by atoms with Crippen LogP contribution in [-0.4, -0.2) is 21.4 Å². The minimum atomic E-state index is -3.78. The van der Waals surface area contributed by atoms with Crippen molar-refractivity contribution in [2.24, 2.45) is 0 Å². The predicted octanol–water partition coefficient (Wildman–Crippen LogP) is 4.89. The fourth-order valence-corrected chi connectivity index (χ4v) is 4.21. The zero-order valence-electron chi connectivity index (χ0n) is 16.7. The Hall–Kier alpha value is -3.12. The first-order valence-corrected chi connectivity index (χ1v) is 10.8. The van der Waals surface area contributed by atoms with E-state index < -0.39 is 10.0 Å². The van der Waals surface area contributed by atoms with Gasteiger partial charge in [-0.2, -0.15) is 0 Å². The standard InChI is InChI=1S/C23H24N2O3S/c1-17(2)18-13-15-19(16-14-18)24-23(26)21-11-7-8-12-22(21)25(3)29(27,28)20-9-5-4-6-10-20/h4-17H,1-3H3,(H,24,26). The van der Waals surface area contributed by atoms with Gasteiger partial charge in [0.15, 0.2) is 0 Å². The summed E-state index contributed by atoms with van der Waals surface area (Å²) in [4.78, 5) is 13.1. The summed E-state index contributed by atoms with van der Waals surface area (Å²) in [6.07, 6.45) is 0. The van der Waals surface area contributed by atoms with Crippen LogP contribution in [0.4, 0.5) is 11.4 Å². The third kappa shape index (κ3) is 4.49. The molecule has 0 spiro atoms. The maximum Gasteiger partial charge on any atom is 0.264 e. The number of nitrogens with one attached hydrogen (secondary N) is 1. The highest BCUT2D eigenvalue weighted by atomic mass is 32.2. The van der Waals surface area contributed by atoms with Crippen LogP contribution in [0.5, 0.6) is 0 Å². The van der Waals surface area contributed by atoms with E-state index in [0.29, 0.717) is 17.3 Å². The molecule has 0 aliphatic carbocycles. The van der Waals surface area contributed by atoms with Gasteiger partial charge in [0.05, 0.1) is 16.1 Å². The Labute approximate surface area is 172 Å². The fraction of sp³-hybridized carbons (Fsp3) is 0.174. The van der Waals surface area contributed by atoms with Crippen molar-refractivity contribution in [2.45, 2.75) is 24.7 Å². The molecular weight excluding hydrogens is 384 g/mol. The first-order chi connectivity index (χ1) is 13.8. The molecule has 0 aromatic heterocycles. The van der Waals surface area contributed by atoms with Gasteiger partial charge in [0.1, 0.15) is 0 Å². The maximum absolute atomic E-state index is 13.0. The van der Waals surface area contributed by atoms with E-state index in [1.54, 1.807) is 42.5 Å². The van der Waals surface area contributed by atoms with Crippen LogP contribution in [0.15, 0.2) is 83.8 Å². The van der Waals surface area contributed by atoms with Gasteiger partial charge < -0.3 is 5.32 Å². The second-order valence-corrected chi connectivity index (χ2v) is 9.00. The number of sulfonamides is 1. The SMILES string of the molecule is CC(C)c1ccc(NC(=O)c2ccccc2N(C)S(=O)(=O)c2ccccc2)cc1. The molecule has 6 heteroatoms. The first-order valence-electron chi connectivity index (χ1n) is 9.35. The van der Waals surface area contributed by atoms with Crippen LogP contribution in [-0.2, 0) is 10.0 Å². The lowest BCUT2D eigenvalue weighted by Crippen LogP contribution is -2.29. The molecule has 0 aliphatic heterocycles. The van der Waals surface area contributed by atoms with Crippen molar-refractivity contribution in [1.82, 2.24) is 0 Å². The highest BCUT2D eigenvalue weighted by Crippen LogP contribution is 2.26. The zero-order valence-corrected chi connectivity index (χ0v) is 17.5. The summed E-state index contributed by atoms with van der Waals surface area (Å²) in [7, 11) is -2.33. The lowest BCUT2D eigenvalue weighted by atomic mass is 10.0. The lowest BCUT2D eigenvalue weighted by molar-refractivity contribution is 0.102. The number of amides is 1. The molecule has 0 bridgehead atoms. The highest BCUT2D eigenvalue weighted by molar-refractivity contribution is 7.92. The molecule has 5 nitrogen and oxygen atoms in total. The summed E-state index contributed by atoms with van der Waals surface area (Å²) in [5, 5.41) is 2.85. The minimum Gasteiger partial charge on any atom is -0.322 e. The average Bonchev–Trinajstić information content (AvgIpc) is 2.74. The molecule has 29 heavy (non-hydrogen) atoms. The number of nitrogens with zero attached hydrogens (tertiary/aromatic N) is 1. The van der Waals surface area contributed by atoms with E-state index in [0.717, 1.165) is 4.31 Å². The molecule has 1 N–H and O–H groups in total. The van der Waals surface area contributed by atoms with Crippen LogP contribution in [0.25, 0.3) is 0 Å². The van der Waals surface area contributed by atoms with Crippen molar-refractivity contribution in [3.63, 3.8) is 0 Å². The van der Waals surface area contributed by atoms with E-state index in [2.05, 4.69) is 19.2 Å². The van der Waals surface area contributed by atoms with Gasteiger partial charge in [-0.05, 0) is 47.9 Å². The van der Waals surface area contributed by atoms with E-state index in [1.807, 2.05) is 24.3 Å². The largest absolute Gasteiger partial charge is 0.322 e. The number of para-hydroxylation sites is 1. The fourth-order valence-electron chi connectivity index (χ4n) is 2.97. The van der Waals surface area contributed by atoms with Crippen LogP contribution in [0.1, 0.15) is 35.7 Å². The molecule has 0 atom stereocenters.